The molecule has 0 saturated heterocycles. The molecule has 0 N–H and O–H groups in total. The molecule has 4 aromatic rings. The number of halogens is 2. The van der Waals surface area contributed by atoms with E-state index < -0.39 is 0 Å². The second-order valence-corrected chi connectivity index (χ2v) is 12.3. The van der Waals surface area contributed by atoms with Crippen LogP contribution >= 0.6 is 23.4 Å². The van der Waals surface area contributed by atoms with E-state index >= 15 is 0 Å². The predicted molar refractivity (Wildman–Crippen MR) is 184 cm³/mol. The quantitative estimate of drug-likeness (QED) is 0.0872. The van der Waals surface area contributed by atoms with Crippen molar-refractivity contribution < 1.29 is 9.18 Å². The molecule has 0 unspecified atom stereocenters. The van der Waals surface area contributed by atoms with Crippen molar-refractivity contribution in [1.82, 2.24) is 24.3 Å². The van der Waals surface area contributed by atoms with Crippen molar-refractivity contribution >= 4 is 29.8 Å². The Hall–Kier alpha value is -3.50. The van der Waals surface area contributed by atoms with Gasteiger partial charge in [-0.1, -0.05) is 85.7 Å². The van der Waals surface area contributed by atoms with Crippen LogP contribution in [-0.4, -0.2) is 70.9 Å². The van der Waals surface area contributed by atoms with Crippen molar-refractivity contribution in [2.24, 2.45) is 7.05 Å². The summed E-state index contributed by atoms with van der Waals surface area (Å²) in [7, 11) is 5.70. The van der Waals surface area contributed by atoms with Gasteiger partial charge < -0.3 is 19.3 Å². The van der Waals surface area contributed by atoms with E-state index in [1.807, 2.05) is 78.1 Å². The van der Waals surface area contributed by atoms with Crippen LogP contribution in [0.25, 0.3) is 11.1 Å². The number of benzene rings is 3. The molecule has 3 aromatic carbocycles. The Bertz CT molecular complexity index is 1540. The van der Waals surface area contributed by atoms with E-state index in [-0.39, 0.29) is 11.4 Å². The fourth-order valence-corrected chi connectivity index (χ4v) is 5.68. The average Bonchev–Trinajstić information content (AvgIpc) is 3.03. The molecule has 1 amide bonds. The van der Waals surface area contributed by atoms with Crippen LogP contribution in [0.2, 0.25) is 5.02 Å². The Balaban J connectivity index is 0.000000248. The monoisotopic (exact) mass is 651 g/mol. The molecular formula is C35H43ClFN5O2S. The molecule has 7 nitrogen and oxygen atoms in total. The highest BCUT2D eigenvalue weighted by atomic mass is 35.5. The summed E-state index contributed by atoms with van der Waals surface area (Å²) in [6.07, 6.45) is 2.77. The minimum Gasteiger partial charge on any atom is -0.340 e. The number of hydrogen-bond donors (Lipinski definition) is 0. The van der Waals surface area contributed by atoms with Gasteiger partial charge in [-0.3, -0.25) is 9.59 Å². The molecule has 4 rings (SSSR count). The Morgan fingerprint density at radius 1 is 0.911 bits per heavy atom. The molecule has 0 aliphatic carbocycles. The van der Waals surface area contributed by atoms with E-state index in [0.717, 1.165) is 59.9 Å². The van der Waals surface area contributed by atoms with E-state index in [2.05, 4.69) is 35.9 Å². The van der Waals surface area contributed by atoms with Gasteiger partial charge in [0.2, 0.25) is 6.41 Å². The third-order valence-corrected chi connectivity index (χ3v) is 8.55. The number of amides is 1. The van der Waals surface area contributed by atoms with Gasteiger partial charge in [-0.15, -0.1) is 0 Å². The molecule has 0 spiro atoms. The smallest absolute Gasteiger partial charge is 0.278 e. The van der Waals surface area contributed by atoms with E-state index in [0.29, 0.717) is 29.6 Å². The lowest BCUT2D eigenvalue weighted by Crippen LogP contribution is -2.34. The summed E-state index contributed by atoms with van der Waals surface area (Å²) in [5.41, 5.74) is 4.88. The maximum Gasteiger partial charge on any atom is 0.278 e. The SMILES string of the molecule is CCN(CC)CCN(C=O)Cc1ccccc1-c1ccc(Cl)cc1.CN(C)Cc1cn(C)c(SCc2ccc(F)cc2)nc1=O. The standard InChI is InChI=1S/C20H25ClN2O.C15H18FN3OS/c1-3-22(4-2)13-14-23(16-24)15-18-7-5-6-8-20(18)17-9-11-19(21)12-10-17;1-18(2)8-12-9-19(3)15(17-14(12)20)21-10-11-4-6-13(16)7-5-11/h5-12,16H,3-4,13-15H2,1-2H3;4-7,9H,8,10H2,1-3H3. The van der Waals surface area contributed by atoms with Crippen LogP contribution in [0, 0.1) is 5.82 Å². The normalized spacial score (nSPS) is 11.0. The van der Waals surface area contributed by atoms with Crippen LogP contribution in [0.5, 0.6) is 0 Å². The molecule has 0 saturated carbocycles. The summed E-state index contributed by atoms with van der Waals surface area (Å²) in [6, 6.07) is 22.4. The number of hydrogen-bond acceptors (Lipinski definition) is 6. The molecule has 1 heterocycles. The molecule has 0 radical (unpaired) electrons. The van der Waals surface area contributed by atoms with E-state index in [1.165, 1.54) is 23.9 Å². The number of nitrogens with zero attached hydrogens (tertiary/aromatic N) is 5. The third-order valence-electron chi connectivity index (χ3n) is 7.18. The molecule has 10 heteroatoms. The highest BCUT2D eigenvalue weighted by Gasteiger charge is 2.11. The first-order valence-electron chi connectivity index (χ1n) is 15.0. The van der Waals surface area contributed by atoms with Gasteiger partial charge in [0.05, 0.1) is 0 Å². The van der Waals surface area contributed by atoms with E-state index in [9.17, 15) is 14.0 Å². The first kappa shape index (κ1) is 36.0. The largest absolute Gasteiger partial charge is 0.340 e. The van der Waals surface area contributed by atoms with Gasteiger partial charge in [0.25, 0.3) is 5.56 Å². The van der Waals surface area contributed by atoms with E-state index in [4.69, 9.17) is 11.6 Å². The molecule has 0 atom stereocenters. The molecule has 1 aromatic heterocycles. The minimum atomic E-state index is -0.248. The van der Waals surface area contributed by atoms with Crippen molar-refractivity contribution in [3.63, 3.8) is 0 Å². The Labute approximate surface area is 275 Å². The lowest BCUT2D eigenvalue weighted by atomic mass is 9.99. The van der Waals surface area contributed by atoms with Gasteiger partial charge in [-0.25, -0.2) is 4.39 Å². The Kier molecular flexibility index (Phi) is 14.8. The summed E-state index contributed by atoms with van der Waals surface area (Å²) >= 11 is 7.45. The molecule has 0 aliphatic rings. The number of rotatable bonds is 14. The summed E-state index contributed by atoms with van der Waals surface area (Å²) in [4.78, 5) is 33.7. The summed E-state index contributed by atoms with van der Waals surface area (Å²) in [5.74, 6) is 0.399. The van der Waals surface area contributed by atoms with Crippen LogP contribution in [0.4, 0.5) is 4.39 Å². The second-order valence-electron chi connectivity index (χ2n) is 10.9. The van der Waals surface area contributed by atoms with Crippen molar-refractivity contribution in [2.75, 3.05) is 40.3 Å². The topological polar surface area (TPSA) is 61.7 Å². The number of likely N-dealkylation sites (N-methyl/N-ethyl adjacent to an activating group) is 1. The van der Waals surface area contributed by atoms with Crippen LogP contribution in [-0.2, 0) is 30.7 Å². The predicted octanol–water partition coefficient (Wildman–Crippen LogP) is 6.58. The van der Waals surface area contributed by atoms with Crippen LogP contribution in [0.3, 0.4) is 0 Å². The van der Waals surface area contributed by atoms with Crippen molar-refractivity contribution in [1.29, 1.82) is 0 Å². The summed E-state index contributed by atoms with van der Waals surface area (Å²) < 4.78 is 14.7. The maximum atomic E-state index is 12.8. The number of carbonyl (C=O) groups excluding carboxylic acids is 1. The molecule has 45 heavy (non-hydrogen) atoms. The Morgan fingerprint density at radius 3 is 2.20 bits per heavy atom. The van der Waals surface area contributed by atoms with Crippen molar-refractivity contribution in [2.45, 2.75) is 37.8 Å². The highest BCUT2D eigenvalue weighted by Crippen LogP contribution is 2.26. The zero-order valence-electron chi connectivity index (χ0n) is 26.7. The number of thioether (sulfide) groups is 1. The van der Waals surface area contributed by atoms with Gasteiger partial charge in [-0.2, -0.15) is 4.98 Å². The number of aryl methyl sites for hydroxylation is 1. The van der Waals surface area contributed by atoms with Gasteiger partial charge in [0.15, 0.2) is 5.16 Å². The number of aromatic nitrogens is 2. The van der Waals surface area contributed by atoms with Crippen molar-refractivity contribution in [3.8, 4) is 11.1 Å². The van der Waals surface area contributed by atoms with Gasteiger partial charge in [0, 0.05) is 55.8 Å². The van der Waals surface area contributed by atoms with Crippen LogP contribution in [0.15, 0.2) is 88.9 Å². The molecule has 0 bridgehead atoms. The first-order valence-corrected chi connectivity index (χ1v) is 16.3. The molecule has 0 fully saturated rings. The van der Waals surface area contributed by atoms with Crippen LogP contribution in [0.1, 0.15) is 30.5 Å². The van der Waals surface area contributed by atoms with Gasteiger partial charge in [-0.05, 0) is 73.7 Å². The zero-order chi connectivity index (χ0) is 32.8. The average molecular weight is 652 g/mol. The minimum absolute atomic E-state index is 0.191. The first-order chi connectivity index (χ1) is 21.6. The lowest BCUT2D eigenvalue weighted by Gasteiger charge is -2.24. The van der Waals surface area contributed by atoms with Gasteiger partial charge in [0.1, 0.15) is 5.82 Å². The molecule has 0 aliphatic heterocycles. The van der Waals surface area contributed by atoms with Crippen molar-refractivity contribution in [3.05, 3.63) is 117 Å². The zero-order valence-corrected chi connectivity index (χ0v) is 28.3. The maximum absolute atomic E-state index is 12.8. The fraction of sp³-hybridized carbons (Fsp3) is 0.343. The fourth-order valence-electron chi connectivity index (χ4n) is 4.66. The lowest BCUT2D eigenvalue weighted by molar-refractivity contribution is -0.118. The molecular weight excluding hydrogens is 609 g/mol. The summed E-state index contributed by atoms with van der Waals surface area (Å²) in [6.45, 7) is 9.12. The Morgan fingerprint density at radius 2 is 1.58 bits per heavy atom. The molecule has 240 valence electrons. The third kappa shape index (κ3) is 11.7. The highest BCUT2D eigenvalue weighted by molar-refractivity contribution is 7.98. The number of carbonyl (C=O) groups is 1. The summed E-state index contributed by atoms with van der Waals surface area (Å²) in [5, 5.41) is 1.39. The van der Waals surface area contributed by atoms with E-state index in [1.54, 1.807) is 12.1 Å². The van der Waals surface area contributed by atoms with Gasteiger partial charge >= 0.3 is 0 Å². The van der Waals surface area contributed by atoms with Crippen LogP contribution < -0.4 is 5.56 Å². The second kappa shape index (κ2) is 18.5.